The normalized spacial score (nSPS) is 13.5. The van der Waals surface area contributed by atoms with Crippen molar-refractivity contribution < 1.29 is 36.3 Å². The van der Waals surface area contributed by atoms with Gasteiger partial charge in [0.15, 0.2) is 11.6 Å². The Bertz CT molecular complexity index is 1880. The number of aliphatic hydroxyl groups excluding tert-OH is 2. The molecule has 0 bridgehead atoms. The number of aryl methyl sites for hydroxylation is 4. The van der Waals surface area contributed by atoms with Crippen LogP contribution in [0.3, 0.4) is 0 Å². The number of carbonyl (C=O) groups is 2. The number of ketones is 2. The average Bonchev–Trinajstić information content (AvgIpc) is 3.30. The van der Waals surface area contributed by atoms with Crippen molar-refractivity contribution in [1.29, 1.82) is 0 Å². The standard InChI is InChI=1S/C34H32N2.2C5H8O2.Ni/c1-7-11-25-17-21(3)31(22(4)18-25)35-33-28-15-9-13-27-14-10-16-29(30(27)28)34(33)36-32-23(5)19-26(12-8-2)20-24(32)6;2*1-4(6)3-5(2)7;/h7-10,13-20H,1-2,11-12H2,3-6H3;2*3,6H,1-2H3;/b;2*4-3-;. The maximum absolute atomic E-state index is 10.0. The molecular weight excluding hydrogens is 679 g/mol. The third-order valence-corrected chi connectivity index (χ3v) is 7.77. The molecule has 0 aromatic heterocycles. The molecule has 0 fully saturated rings. The van der Waals surface area contributed by atoms with Gasteiger partial charge in [0.25, 0.3) is 0 Å². The van der Waals surface area contributed by atoms with Crippen LogP contribution in [0.1, 0.15) is 72.2 Å². The third-order valence-electron chi connectivity index (χ3n) is 7.77. The minimum atomic E-state index is -0.125. The first-order valence-corrected chi connectivity index (χ1v) is 16.5. The van der Waals surface area contributed by atoms with E-state index in [1.54, 1.807) is 0 Å². The van der Waals surface area contributed by atoms with Gasteiger partial charge < -0.3 is 10.2 Å². The second kappa shape index (κ2) is 19.3. The Morgan fingerprint density at radius 3 is 1.22 bits per heavy atom. The number of carbonyl (C=O) groups excluding carboxylic acids is 2. The first-order chi connectivity index (χ1) is 23.7. The van der Waals surface area contributed by atoms with Gasteiger partial charge >= 0.3 is 0 Å². The number of hydrogen-bond acceptors (Lipinski definition) is 6. The average molecular weight is 728 g/mol. The van der Waals surface area contributed by atoms with E-state index in [-0.39, 0.29) is 39.6 Å². The first kappa shape index (κ1) is 42.0. The zero-order chi connectivity index (χ0) is 37.1. The fourth-order valence-corrected chi connectivity index (χ4v) is 6.04. The van der Waals surface area contributed by atoms with Gasteiger partial charge in [0.1, 0.15) is 0 Å². The molecule has 4 aromatic carbocycles. The Balaban J connectivity index is 0.000000509. The maximum Gasteiger partial charge on any atom is 0.155 e. The minimum absolute atomic E-state index is 0. The van der Waals surface area contributed by atoms with E-state index in [4.69, 9.17) is 20.2 Å². The molecule has 0 radical (unpaired) electrons. The van der Waals surface area contributed by atoms with Gasteiger partial charge in [-0.2, -0.15) is 0 Å². The number of nitrogens with zero attached hydrogens (tertiary/aromatic N) is 2. The summed E-state index contributed by atoms with van der Waals surface area (Å²) in [7, 11) is 0. The zero-order valence-corrected chi connectivity index (χ0v) is 31.8. The number of aliphatic hydroxyl groups is 2. The molecule has 1 aliphatic carbocycles. The number of allylic oxidation sites excluding steroid dienone is 6. The van der Waals surface area contributed by atoms with Gasteiger partial charge in [0.05, 0.1) is 34.3 Å². The van der Waals surface area contributed by atoms with Crippen LogP contribution in [-0.2, 0) is 38.9 Å². The molecular formula is C44H48N2NiO4. The summed E-state index contributed by atoms with van der Waals surface area (Å²) in [4.78, 5) is 30.7. The van der Waals surface area contributed by atoms with E-state index in [1.807, 2.05) is 12.2 Å². The molecule has 51 heavy (non-hydrogen) atoms. The molecule has 0 saturated heterocycles. The molecule has 4 aromatic rings. The number of hydrogen-bond donors (Lipinski definition) is 2. The van der Waals surface area contributed by atoms with Crippen LogP contribution in [0.25, 0.3) is 10.8 Å². The molecule has 0 aliphatic heterocycles. The van der Waals surface area contributed by atoms with Gasteiger partial charge in [0.2, 0.25) is 0 Å². The Morgan fingerprint density at radius 1 is 0.627 bits per heavy atom. The van der Waals surface area contributed by atoms with Crippen molar-refractivity contribution >= 4 is 45.1 Å². The molecule has 6 nitrogen and oxygen atoms in total. The smallest absolute Gasteiger partial charge is 0.155 e. The number of benzene rings is 4. The van der Waals surface area contributed by atoms with E-state index in [9.17, 15) is 9.59 Å². The molecule has 0 saturated carbocycles. The van der Waals surface area contributed by atoms with Crippen LogP contribution in [0.4, 0.5) is 11.4 Å². The predicted molar refractivity (Wildman–Crippen MR) is 210 cm³/mol. The second-order valence-electron chi connectivity index (χ2n) is 12.6. The second-order valence-corrected chi connectivity index (χ2v) is 12.6. The molecule has 1 aliphatic rings. The fraction of sp³-hybridized carbons (Fsp3) is 0.227. The van der Waals surface area contributed by atoms with E-state index in [1.165, 1.54) is 84.0 Å². The van der Waals surface area contributed by atoms with Crippen LogP contribution in [0, 0.1) is 27.7 Å². The van der Waals surface area contributed by atoms with E-state index < -0.39 is 0 Å². The molecule has 0 atom stereocenters. The summed E-state index contributed by atoms with van der Waals surface area (Å²) < 4.78 is 0. The van der Waals surface area contributed by atoms with Crippen LogP contribution in [0.15, 0.2) is 120 Å². The predicted octanol–water partition coefficient (Wildman–Crippen LogP) is 10.9. The maximum atomic E-state index is 10.0. The molecule has 5 rings (SSSR count). The van der Waals surface area contributed by atoms with Crippen molar-refractivity contribution in [3.63, 3.8) is 0 Å². The van der Waals surface area contributed by atoms with Gasteiger partial charge in [-0.05, 0) is 107 Å². The summed E-state index contributed by atoms with van der Waals surface area (Å²) in [6.45, 7) is 22.1. The van der Waals surface area contributed by atoms with E-state index in [0.29, 0.717) is 0 Å². The Morgan fingerprint density at radius 2 is 0.961 bits per heavy atom. The Hall–Kier alpha value is -5.13. The van der Waals surface area contributed by atoms with E-state index in [0.717, 1.165) is 46.8 Å². The van der Waals surface area contributed by atoms with Crippen molar-refractivity contribution in [2.75, 3.05) is 0 Å². The summed E-state index contributed by atoms with van der Waals surface area (Å²) in [5.74, 6) is -0.125. The van der Waals surface area contributed by atoms with Gasteiger partial charge in [-0.15, -0.1) is 13.2 Å². The molecule has 7 heteroatoms. The van der Waals surface area contributed by atoms with Crippen LogP contribution in [0.5, 0.6) is 0 Å². The molecule has 268 valence electrons. The molecule has 0 unspecified atom stereocenters. The fourth-order valence-electron chi connectivity index (χ4n) is 6.04. The zero-order valence-electron chi connectivity index (χ0n) is 30.8. The van der Waals surface area contributed by atoms with Crippen molar-refractivity contribution in [2.45, 2.75) is 68.2 Å². The number of rotatable bonds is 8. The quantitative estimate of drug-likeness (QED) is 0.0817. The summed E-state index contributed by atoms with van der Waals surface area (Å²) in [6.07, 6.45) is 7.94. The van der Waals surface area contributed by atoms with Gasteiger partial charge in [-0.3, -0.25) is 9.59 Å². The summed E-state index contributed by atoms with van der Waals surface area (Å²) in [5.41, 5.74) is 13.4. The van der Waals surface area contributed by atoms with Crippen LogP contribution in [-0.4, -0.2) is 33.2 Å². The monoisotopic (exact) mass is 726 g/mol. The summed E-state index contributed by atoms with van der Waals surface area (Å²) in [5, 5.41) is 19.2. The first-order valence-electron chi connectivity index (χ1n) is 16.5. The topological polar surface area (TPSA) is 99.3 Å². The molecule has 0 heterocycles. The van der Waals surface area contributed by atoms with Crippen LogP contribution in [0.2, 0.25) is 0 Å². The Labute approximate surface area is 312 Å². The van der Waals surface area contributed by atoms with Crippen molar-refractivity contribution in [1.82, 2.24) is 0 Å². The minimum Gasteiger partial charge on any atom is -0.512 e. The van der Waals surface area contributed by atoms with Gasteiger partial charge in [-0.1, -0.05) is 72.8 Å². The molecule has 0 amide bonds. The van der Waals surface area contributed by atoms with Gasteiger partial charge in [0, 0.05) is 45.2 Å². The van der Waals surface area contributed by atoms with Crippen molar-refractivity contribution in [3.8, 4) is 0 Å². The van der Waals surface area contributed by atoms with Crippen LogP contribution < -0.4 is 0 Å². The van der Waals surface area contributed by atoms with Crippen molar-refractivity contribution in [3.05, 3.63) is 154 Å². The van der Waals surface area contributed by atoms with Gasteiger partial charge in [-0.25, -0.2) is 9.98 Å². The summed E-state index contributed by atoms with van der Waals surface area (Å²) in [6, 6.07) is 21.8. The molecule has 2 N–H and O–H groups in total. The SMILES string of the molecule is C=CCc1cc(C)c(N=C2C(=Nc3c(C)cc(CC=C)cc3C)c3cccc4cccc2c34)c(C)c1.CC(=O)/C=C(/C)O.CC(=O)/C=C(/C)O.[Ni]. The Kier molecular flexibility index (Phi) is 15.9. The molecule has 0 spiro atoms. The summed E-state index contributed by atoms with van der Waals surface area (Å²) >= 11 is 0. The third kappa shape index (κ3) is 11.5. The van der Waals surface area contributed by atoms with Crippen LogP contribution >= 0.6 is 0 Å². The van der Waals surface area contributed by atoms with Crippen molar-refractivity contribution in [2.24, 2.45) is 9.98 Å². The van der Waals surface area contributed by atoms with E-state index >= 15 is 0 Å². The van der Waals surface area contributed by atoms with E-state index in [2.05, 4.69) is 102 Å². The largest absolute Gasteiger partial charge is 0.512 e. The number of aliphatic imine (C=N–C) groups is 2.